The Morgan fingerprint density at radius 1 is 1.60 bits per heavy atom. The van der Waals surface area contributed by atoms with E-state index in [0.717, 1.165) is 12.8 Å². The van der Waals surface area contributed by atoms with Gasteiger partial charge in [0.25, 0.3) is 0 Å². The third-order valence-electron chi connectivity index (χ3n) is 1.86. The van der Waals surface area contributed by atoms with Crippen molar-refractivity contribution in [2.45, 2.75) is 23.2 Å². The van der Waals surface area contributed by atoms with Crippen molar-refractivity contribution < 1.29 is 9.90 Å². The van der Waals surface area contributed by atoms with Gasteiger partial charge in [0.1, 0.15) is 0 Å². The van der Waals surface area contributed by atoms with E-state index < -0.39 is 25.8 Å². The second-order valence-corrected chi connectivity index (χ2v) is 8.86. The van der Waals surface area contributed by atoms with Gasteiger partial charge in [-0.1, -0.05) is 0 Å². The Morgan fingerprint density at radius 3 is 2.70 bits per heavy atom. The molecule has 1 fully saturated rings. The number of rotatable bonds is 1. The van der Waals surface area contributed by atoms with Crippen LogP contribution < -0.4 is 0 Å². The summed E-state index contributed by atoms with van der Waals surface area (Å²) in [7, 11) is 0. The molecular weight excluding hydrogens is 243 g/mol. The van der Waals surface area contributed by atoms with Crippen molar-refractivity contribution in [3.05, 3.63) is 0 Å². The van der Waals surface area contributed by atoms with Gasteiger partial charge in [-0.3, -0.25) is 0 Å². The number of alkyl halides is 3. The summed E-state index contributed by atoms with van der Waals surface area (Å²) in [6.07, 6.45) is 3.38. The summed E-state index contributed by atoms with van der Waals surface area (Å²) in [5.74, 6) is -0.535. The van der Waals surface area contributed by atoms with Gasteiger partial charge < -0.3 is 0 Å². The van der Waals surface area contributed by atoms with E-state index in [1.807, 2.05) is 0 Å². The molecule has 1 rings (SSSR count). The Kier molecular flexibility index (Phi) is 2.95. The first kappa shape index (κ1) is 8.30. The van der Waals surface area contributed by atoms with Crippen LogP contribution in [0.15, 0.2) is 0 Å². The van der Waals surface area contributed by atoms with Crippen molar-refractivity contribution >= 4 is 25.8 Å². The maximum atomic E-state index is 10.6. The fourth-order valence-electron chi connectivity index (χ4n) is 1.23. The van der Waals surface area contributed by atoms with Gasteiger partial charge in [-0.25, -0.2) is 0 Å². The van der Waals surface area contributed by atoms with E-state index in [1.165, 1.54) is 10.8 Å². The van der Waals surface area contributed by atoms with Crippen LogP contribution in [-0.4, -0.2) is 24.4 Å². The second kappa shape index (κ2) is 3.55. The number of aliphatic carboxylic acids is 1. The summed E-state index contributed by atoms with van der Waals surface area (Å²) < 4.78 is 1.35. The van der Waals surface area contributed by atoms with Gasteiger partial charge in [-0.2, -0.15) is 0 Å². The molecule has 2 nitrogen and oxygen atoms in total. The van der Waals surface area contributed by atoms with E-state index in [2.05, 4.69) is 4.93 Å². The average molecular weight is 256 g/mol. The minimum atomic E-state index is -1.03. The van der Waals surface area contributed by atoms with Crippen LogP contribution in [0.1, 0.15) is 19.3 Å². The summed E-state index contributed by atoms with van der Waals surface area (Å²) in [5, 5.41) is 8.75. The van der Waals surface area contributed by atoms with Crippen LogP contribution in [-0.2, 0) is 4.79 Å². The van der Waals surface area contributed by atoms with E-state index in [1.54, 1.807) is 0 Å². The molecule has 10 heavy (non-hydrogen) atoms. The summed E-state index contributed by atoms with van der Waals surface area (Å²) in [6, 6.07) is 0. The van der Waals surface area contributed by atoms with Crippen LogP contribution in [0.3, 0.4) is 0 Å². The van der Waals surface area contributed by atoms with E-state index in [4.69, 9.17) is 5.11 Å². The Labute approximate surface area is 68.4 Å². The molecule has 60 valence electrons. The molecule has 0 saturated carbocycles. The number of hydrogen-bond donors (Lipinski definition) is 1. The van der Waals surface area contributed by atoms with E-state index in [-0.39, 0.29) is 3.92 Å². The molecule has 1 saturated heterocycles. The molecule has 0 amide bonds. The Hall–Kier alpha value is 0.200. The summed E-state index contributed by atoms with van der Waals surface area (Å²) in [4.78, 5) is 12.8. The fraction of sp³-hybridized carbons (Fsp3) is 0.857. The zero-order valence-corrected chi connectivity index (χ0v) is 8.30. The molecule has 3 heteroatoms. The monoisotopic (exact) mass is 256 g/mol. The van der Waals surface area contributed by atoms with Crippen molar-refractivity contribution in [1.29, 1.82) is 0 Å². The number of hydrogen-bond acceptors (Lipinski definition) is 1. The van der Waals surface area contributed by atoms with Crippen molar-refractivity contribution in [3.8, 4) is 0 Å². The summed E-state index contributed by atoms with van der Waals surface area (Å²) >= 11 is -1.03. The van der Waals surface area contributed by atoms with Crippen molar-refractivity contribution in [2.75, 3.05) is 9.36 Å². The van der Waals surface area contributed by atoms with Gasteiger partial charge in [-0.05, 0) is 0 Å². The maximum absolute atomic E-state index is 10.6. The minimum absolute atomic E-state index is 0.0953. The van der Waals surface area contributed by atoms with E-state index in [0.29, 0.717) is 0 Å². The van der Waals surface area contributed by atoms with Crippen LogP contribution in [0.5, 0.6) is 0 Å². The standard InChI is InChI=1S/C7H13IO2/c1-8-5-3-2-4-6(8)7(9)10/h6H,2-5H2,1H3,(H,9,10). The zero-order valence-electron chi connectivity index (χ0n) is 6.14. The number of carboxylic acids is 1. The number of halogens is 1. The molecule has 0 aromatic carbocycles. The van der Waals surface area contributed by atoms with Crippen LogP contribution in [0, 0.1) is 0 Å². The van der Waals surface area contributed by atoms with Gasteiger partial charge in [-0.15, -0.1) is 0 Å². The van der Waals surface area contributed by atoms with E-state index >= 15 is 0 Å². The van der Waals surface area contributed by atoms with Crippen LogP contribution in [0.2, 0.25) is 0 Å². The summed E-state index contributed by atoms with van der Waals surface area (Å²) in [5.41, 5.74) is 0. The molecule has 1 aliphatic rings. The molecule has 1 aliphatic heterocycles. The SMILES string of the molecule is CI1CCCCC1C(=O)O. The fourth-order valence-corrected chi connectivity index (χ4v) is 6.14. The zero-order chi connectivity index (χ0) is 7.56. The average Bonchev–Trinajstić information content (AvgIpc) is 1.88. The van der Waals surface area contributed by atoms with Crippen LogP contribution >= 0.6 is 19.8 Å². The van der Waals surface area contributed by atoms with Crippen molar-refractivity contribution in [3.63, 3.8) is 0 Å². The van der Waals surface area contributed by atoms with Gasteiger partial charge in [0.05, 0.1) is 0 Å². The van der Waals surface area contributed by atoms with Crippen LogP contribution in [0.25, 0.3) is 0 Å². The molecule has 1 unspecified atom stereocenters. The normalized spacial score (nSPS) is 30.1. The number of carbonyl (C=O) groups is 1. The quantitative estimate of drug-likeness (QED) is 0.573. The molecule has 0 aromatic heterocycles. The third kappa shape index (κ3) is 1.84. The topological polar surface area (TPSA) is 37.3 Å². The summed E-state index contributed by atoms with van der Waals surface area (Å²) in [6.45, 7) is 0. The molecule has 0 aromatic rings. The van der Waals surface area contributed by atoms with Crippen molar-refractivity contribution in [1.82, 2.24) is 0 Å². The van der Waals surface area contributed by atoms with E-state index in [9.17, 15) is 4.79 Å². The molecule has 1 heterocycles. The van der Waals surface area contributed by atoms with Gasteiger partial charge in [0, 0.05) is 0 Å². The molecule has 1 atom stereocenters. The predicted molar refractivity (Wildman–Crippen MR) is 50.1 cm³/mol. The number of carboxylic acid groups (broad SMARTS) is 1. The Morgan fingerprint density at radius 2 is 2.30 bits per heavy atom. The first-order chi connectivity index (χ1) is 4.72. The predicted octanol–water partition coefficient (Wildman–Crippen LogP) is 1.76. The molecule has 0 radical (unpaired) electrons. The second-order valence-electron chi connectivity index (χ2n) is 2.63. The Bertz CT molecular complexity index is 136. The van der Waals surface area contributed by atoms with Crippen molar-refractivity contribution in [2.24, 2.45) is 0 Å². The van der Waals surface area contributed by atoms with Crippen LogP contribution in [0.4, 0.5) is 0 Å². The molecule has 1 N–H and O–H groups in total. The van der Waals surface area contributed by atoms with Gasteiger partial charge in [0.2, 0.25) is 0 Å². The first-order valence-electron chi connectivity index (χ1n) is 3.49. The molecule has 0 bridgehead atoms. The first-order valence-corrected chi connectivity index (χ1v) is 8.42. The molecular formula is C7H13IO2. The molecule has 0 spiro atoms. The van der Waals surface area contributed by atoms with Gasteiger partial charge in [0.15, 0.2) is 0 Å². The third-order valence-corrected chi connectivity index (χ3v) is 8.04. The Balaban J connectivity index is 2.47. The van der Waals surface area contributed by atoms with Gasteiger partial charge >= 0.3 is 68.2 Å². The molecule has 0 aliphatic carbocycles.